The highest BCUT2D eigenvalue weighted by atomic mass is 32.2. The molecule has 0 saturated carbocycles. The smallest absolute Gasteiger partial charge is 0.0187 e. The second kappa shape index (κ2) is 8.82. The van der Waals surface area contributed by atoms with E-state index in [2.05, 4.69) is 59.5 Å². The van der Waals surface area contributed by atoms with Gasteiger partial charge in [-0.2, -0.15) is 0 Å². The molecule has 18 heavy (non-hydrogen) atoms. The minimum Gasteiger partial charge on any atom is -0.311 e. The predicted octanol–water partition coefficient (Wildman–Crippen LogP) is 5.00. The summed E-state index contributed by atoms with van der Waals surface area (Å²) in [6.07, 6.45) is 4.42. The van der Waals surface area contributed by atoms with Crippen LogP contribution in [0.3, 0.4) is 0 Å². The van der Waals surface area contributed by atoms with Gasteiger partial charge in [-0.3, -0.25) is 0 Å². The van der Waals surface area contributed by atoms with E-state index in [1.807, 2.05) is 11.8 Å². The molecule has 106 valence electrons. The molecule has 0 bridgehead atoms. The maximum absolute atomic E-state index is 4.30. The third-order valence-electron chi connectivity index (χ3n) is 3.58. The van der Waals surface area contributed by atoms with Gasteiger partial charge in [0.05, 0.1) is 0 Å². The average Bonchev–Trinajstić information content (AvgIpc) is 2.34. The van der Waals surface area contributed by atoms with Gasteiger partial charge in [-0.15, -0.1) is 11.8 Å². The van der Waals surface area contributed by atoms with Crippen molar-refractivity contribution in [2.45, 2.75) is 59.9 Å². The van der Waals surface area contributed by atoms with Crippen molar-refractivity contribution in [2.24, 2.45) is 5.92 Å². The Morgan fingerprint density at radius 1 is 1.39 bits per heavy atom. The van der Waals surface area contributed by atoms with E-state index in [1.54, 1.807) is 0 Å². The van der Waals surface area contributed by atoms with Crippen LogP contribution < -0.4 is 5.32 Å². The summed E-state index contributed by atoms with van der Waals surface area (Å²) in [7, 11) is 0. The average molecular weight is 269 g/mol. The molecule has 0 amide bonds. The quantitative estimate of drug-likeness (QED) is 0.591. The Bertz CT molecular complexity index is 279. The van der Waals surface area contributed by atoms with Crippen molar-refractivity contribution in [3.8, 4) is 0 Å². The van der Waals surface area contributed by atoms with E-state index in [9.17, 15) is 0 Å². The molecule has 0 spiro atoms. The van der Waals surface area contributed by atoms with Crippen LogP contribution in [0.2, 0.25) is 0 Å². The third-order valence-corrected chi connectivity index (χ3v) is 4.62. The maximum atomic E-state index is 4.30. The summed E-state index contributed by atoms with van der Waals surface area (Å²) in [5, 5.41) is 3.63. The molecule has 0 aromatic heterocycles. The highest BCUT2D eigenvalue weighted by molar-refractivity contribution is 8.03. The Morgan fingerprint density at radius 3 is 2.44 bits per heavy atom. The predicted molar refractivity (Wildman–Crippen MR) is 87.2 cm³/mol. The van der Waals surface area contributed by atoms with Crippen molar-refractivity contribution in [1.82, 2.24) is 5.32 Å². The molecule has 0 aliphatic carbocycles. The Balaban J connectivity index is 4.49. The zero-order valence-corrected chi connectivity index (χ0v) is 13.9. The Hall–Kier alpha value is -0.210. The van der Waals surface area contributed by atoms with Gasteiger partial charge >= 0.3 is 0 Å². The van der Waals surface area contributed by atoms with Crippen molar-refractivity contribution in [1.29, 1.82) is 0 Å². The Labute approximate surface area is 119 Å². The van der Waals surface area contributed by atoms with Crippen LogP contribution in [0.25, 0.3) is 0 Å². The normalized spacial score (nSPS) is 14.7. The topological polar surface area (TPSA) is 12.0 Å². The molecule has 0 saturated heterocycles. The van der Waals surface area contributed by atoms with Crippen molar-refractivity contribution in [2.75, 3.05) is 12.3 Å². The summed E-state index contributed by atoms with van der Waals surface area (Å²) in [5.74, 6) is 1.62. The van der Waals surface area contributed by atoms with Crippen LogP contribution >= 0.6 is 11.8 Å². The summed E-state index contributed by atoms with van der Waals surface area (Å²) in [6, 6.07) is 0. The van der Waals surface area contributed by atoms with Crippen LogP contribution in [0, 0.1) is 5.92 Å². The van der Waals surface area contributed by atoms with Crippen LogP contribution in [0.15, 0.2) is 23.1 Å². The molecule has 1 N–H and O–H groups in total. The van der Waals surface area contributed by atoms with E-state index in [-0.39, 0.29) is 5.54 Å². The Kier molecular flexibility index (Phi) is 8.71. The molecule has 0 aromatic carbocycles. The van der Waals surface area contributed by atoms with Gasteiger partial charge in [0.15, 0.2) is 0 Å². The van der Waals surface area contributed by atoms with Crippen molar-refractivity contribution < 1.29 is 0 Å². The molecule has 0 aliphatic heterocycles. The molecular weight excluding hydrogens is 238 g/mol. The van der Waals surface area contributed by atoms with E-state index in [1.165, 1.54) is 16.9 Å². The van der Waals surface area contributed by atoms with Crippen molar-refractivity contribution in [3.05, 3.63) is 23.1 Å². The van der Waals surface area contributed by atoms with Crippen LogP contribution in [-0.4, -0.2) is 17.8 Å². The molecule has 0 fully saturated rings. The van der Waals surface area contributed by atoms with E-state index in [4.69, 9.17) is 0 Å². The molecule has 0 aromatic rings. The summed E-state index contributed by atoms with van der Waals surface area (Å²) in [5.41, 5.74) is 1.46. The number of thioether (sulfide) groups is 1. The molecule has 1 nitrogen and oxygen atoms in total. The summed E-state index contributed by atoms with van der Waals surface area (Å²) >= 11 is 1.93. The fourth-order valence-electron chi connectivity index (χ4n) is 1.91. The highest BCUT2D eigenvalue weighted by Crippen LogP contribution is 2.31. The molecule has 2 heteroatoms. The summed E-state index contributed by atoms with van der Waals surface area (Å²) < 4.78 is 0. The Morgan fingerprint density at radius 2 is 2.00 bits per heavy atom. The van der Waals surface area contributed by atoms with E-state index >= 15 is 0 Å². The monoisotopic (exact) mass is 269 g/mol. The zero-order valence-electron chi connectivity index (χ0n) is 13.1. The van der Waals surface area contributed by atoms with Gasteiger partial charge in [-0.25, -0.2) is 0 Å². The fraction of sp³-hybridized carbons (Fsp3) is 0.750. The van der Waals surface area contributed by atoms with Crippen LogP contribution in [0.1, 0.15) is 54.4 Å². The lowest BCUT2D eigenvalue weighted by Gasteiger charge is -2.35. The first-order chi connectivity index (χ1) is 8.38. The van der Waals surface area contributed by atoms with Crippen LogP contribution in [-0.2, 0) is 0 Å². The molecule has 0 heterocycles. The van der Waals surface area contributed by atoms with Crippen molar-refractivity contribution in [3.63, 3.8) is 0 Å². The molecular formula is C16H31NS. The molecule has 1 atom stereocenters. The zero-order chi connectivity index (χ0) is 14.2. The van der Waals surface area contributed by atoms with Gasteiger partial charge < -0.3 is 5.32 Å². The van der Waals surface area contributed by atoms with Gasteiger partial charge in [0, 0.05) is 5.54 Å². The number of hydrogen-bond donors (Lipinski definition) is 1. The van der Waals surface area contributed by atoms with Gasteiger partial charge in [-0.05, 0) is 56.7 Å². The van der Waals surface area contributed by atoms with Gasteiger partial charge in [0.2, 0.25) is 0 Å². The lowest BCUT2D eigenvalue weighted by Crippen LogP contribution is -2.45. The van der Waals surface area contributed by atoms with E-state index < -0.39 is 0 Å². The molecule has 0 aliphatic rings. The van der Waals surface area contributed by atoms with E-state index in [0.29, 0.717) is 5.92 Å². The SMILES string of the molecule is C=C(C/C(=C/C)SCC)C(C)C(C)(C)NCCC. The molecule has 1 unspecified atom stereocenters. The standard InChI is InChI=1S/C16H31NS/c1-8-11-17-16(6,7)14(5)13(4)12-15(9-2)18-10-3/h9,14,17H,4,8,10-12H2,1-3,5-7H3/b15-9-. The lowest BCUT2D eigenvalue weighted by atomic mass is 9.82. The van der Waals surface area contributed by atoms with Gasteiger partial charge in [-0.1, -0.05) is 39.0 Å². The van der Waals surface area contributed by atoms with Crippen LogP contribution in [0.5, 0.6) is 0 Å². The minimum absolute atomic E-state index is 0.128. The lowest BCUT2D eigenvalue weighted by molar-refractivity contribution is 0.301. The second-order valence-corrected chi connectivity index (χ2v) is 6.78. The highest BCUT2D eigenvalue weighted by Gasteiger charge is 2.26. The third kappa shape index (κ3) is 6.10. The number of rotatable bonds is 9. The van der Waals surface area contributed by atoms with Gasteiger partial charge in [0.1, 0.15) is 0 Å². The maximum Gasteiger partial charge on any atom is 0.0187 e. The first-order valence-electron chi connectivity index (χ1n) is 7.09. The van der Waals surface area contributed by atoms with E-state index in [0.717, 1.165) is 18.7 Å². The first kappa shape index (κ1) is 17.8. The summed E-state index contributed by atoms with van der Waals surface area (Å²) in [4.78, 5) is 1.45. The van der Waals surface area contributed by atoms with Crippen LogP contribution in [0.4, 0.5) is 0 Å². The number of nitrogens with one attached hydrogen (secondary N) is 1. The van der Waals surface area contributed by atoms with Gasteiger partial charge in [0.25, 0.3) is 0 Å². The van der Waals surface area contributed by atoms with Crippen molar-refractivity contribution >= 4 is 11.8 Å². The summed E-state index contributed by atoms with van der Waals surface area (Å²) in [6.45, 7) is 18.8. The molecule has 0 rings (SSSR count). The number of hydrogen-bond acceptors (Lipinski definition) is 2. The minimum atomic E-state index is 0.128. The first-order valence-corrected chi connectivity index (χ1v) is 8.08. The molecule has 0 radical (unpaired) electrons. The second-order valence-electron chi connectivity index (χ2n) is 5.39. The largest absolute Gasteiger partial charge is 0.311 e. The number of allylic oxidation sites excluding steroid dienone is 2. The fourth-order valence-corrected chi connectivity index (χ4v) is 2.73.